The van der Waals surface area contributed by atoms with Crippen LogP contribution in [-0.4, -0.2) is 62.3 Å². The first-order valence-electron chi connectivity index (χ1n) is 10.6. The average Bonchev–Trinajstić information content (AvgIpc) is 2.99. The highest BCUT2D eigenvalue weighted by Gasteiger charge is 2.64. The molecule has 10 heteroatoms. The third kappa shape index (κ3) is 4.15. The molecule has 1 aromatic heterocycles. The normalized spacial score (nSPS) is 26.5. The zero-order chi connectivity index (χ0) is 22.5. The summed E-state index contributed by atoms with van der Waals surface area (Å²) in [5.74, 6) is -0.401. The van der Waals surface area contributed by atoms with Gasteiger partial charge in [0.05, 0.1) is 5.92 Å². The van der Waals surface area contributed by atoms with Crippen molar-refractivity contribution in [1.29, 1.82) is 0 Å². The van der Waals surface area contributed by atoms with Crippen molar-refractivity contribution in [2.45, 2.75) is 69.2 Å². The van der Waals surface area contributed by atoms with E-state index in [1.54, 1.807) is 31.9 Å². The van der Waals surface area contributed by atoms with E-state index < -0.39 is 22.9 Å². The summed E-state index contributed by atoms with van der Waals surface area (Å²) in [6, 6.07) is 0.0387. The first-order chi connectivity index (χ1) is 14.6. The Hall–Kier alpha value is -2.20. The fraction of sp³-hybridized carbons (Fsp3) is 0.667. The maximum Gasteiger partial charge on any atom is 0.417 e. The number of ether oxygens (including phenoxy) is 1. The summed E-state index contributed by atoms with van der Waals surface area (Å²) in [4.78, 5) is 48.7. The lowest BCUT2D eigenvalue weighted by molar-refractivity contribution is -0.129. The minimum atomic E-state index is -1.40. The first-order valence-corrected chi connectivity index (χ1v) is 12.2. The molecule has 4 rings (SSSR count). The van der Waals surface area contributed by atoms with E-state index in [0.717, 1.165) is 32.1 Å². The molecule has 9 nitrogen and oxygen atoms in total. The van der Waals surface area contributed by atoms with Gasteiger partial charge in [0.25, 0.3) is 0 Å². The predicted molar refractivity (Wildman–Crippen MR) is 113 cm³/mol. The lowest BCUT2D eigenvalue weighted by Gasteiger charge is -2.27. The van der Waals surface area contributed by atoms with Crippen molar-refractivity contribution in [3.63, 3.8) is 0 Å². The summed E-state index contributed by atoms with van der Waals surface area (Å²) >= 11 is -1.40. The van der Waals surface area contributed by atoms with E-state index in [-0.39, 0.29) is 41.4 Å². The van der Waals surface area contributed by atoms with Gasteiger partial charge in [-0.15, -0.1) is 0 Å². The Morgan fingerprint density at radius 3 is 2.52 bits per heavy atom. The summed E-state index contributed by atoms with van der Waals surface area (Å²) < 4.78 is 17.3. The van der Waals surface area contributed by atoms with Crippen molar-refractivity contribution in [3.8, 4) is 0 Å². The van der Waals surface area contributed by atoms with Crippen molar-refractivity contribution >= 4 is 35.4 Å². The van der Waals surface area contributed by atoms with Crippen LogP contribution in [0.25, 0.3) is 0 Å². The maximum atomic E-state index is 12.9. The van der Waals surface area contributed by atoms with Gasteiger partial charge < -0.3 is 9.29 Å². The smallest absolute Gasteiger partial charge is 0.417 e. The summed E-state index contributed by atoms with van der Waals surface area (Å²) in [5, 5.41) is 0.163. The van der Waals surface area contributed by atoms with Gasteiger partial charge >= 0.3 is 11.2 Å². The molecule has 2 aliphatic carbocycles. The van der Waals surface area contributed by atoms with Crippen molar-refractivity contribution in [2.24, 2.45) is 11.8 Å². The number of anilines is 1. The number of nitrogens with zero attached hydrogens (tertiary/aromatic N) is 4. The highest BCUT2D eigenvalue weighted by Crippen LogP contribution is 2.60. The van der Waals surface area contributed by atoms with Gasteiger partial charge in [0.1, 0.15) is 17.7 Å². The molecule has 2 saturated carbocycles. The Bertz CT molecular complexity index is 896. The summed E-state index contributed by atoms with van der Waals surface area (Å²) in [6.07, 6.45) is 7.09. The van der Waals surface area contributed by atoms with Crippen molar-refractivity contribution in [2.75, 3.05) is 17.7 Å². The third-order valence-corrected chi connectivity index (χ3v) is 6.90. The summed E-state index contributed by atoms with van der Waals surface area (Å²) in [7, 11) is 0. The van der Waals surface area contributed by atoms with Crippen LogP contribution >= 0.6 is 0 Å². The summed E-state index contributed by atoms with van der Waals surface area (Å²) in [5.41, 5.74) is 0.0301. The van der Waals surface area contributed by atoms with Crippen molar-refractivity contribution < 1.29 is 23.7 Å². The fourth-order valence-electron chi connectivity index (χ4n) is 4.76. The predicted octanol–water partition coefficient (Wildman–Crippen LogP) is 2.23. The number of piperidine rings is 1. The quantitative estimate of drug-likeness (QED) is 0.385. The lowest BCUT2D eigenvalue weighted by atomic mass is 10.1. The Kier molecular flexibility index (Phi) is 5.72. The molecule has 1 aliphatic heterocycles. The second kappa shape index (κ2) is 8.05. The van der Waals surface area contributed by atoms with E-state index in [2.05, 4.69) is 9.97 Å². The number of aromatic nitrogens is 2. The number of likely N-dealkylation sites (tertiary alicyclic amines) is 1. The monoisotopic (exact) mass is 448 g/mol. The molecule has 1 aromatic rings. The molecule has 3 fully saturated rings. The second-order valence-electron chi connectivity index (χ2n) is 9.48. The zero-order valence-electron chi connectivity index (χ0n) is 18.2. The van der Waals surface area contributed by atoms with E-state index in [4.69, 9.17) is 4.74 Å². The number of amides is 3. The van der Waals surface area contributed by atoms with E-state index >= 15 is 0 Å². The van der Waals surface area contributed by atoms with Gasteiger partial charge in [-0.2, -0.15) is 9.97 Å². The van der Waals surface area contributed by atoms with Crippen molar-refractivity contribution in [1.82, 2.24) is 14.9 Å². The van der Waals surface area contributed by atoms with Crippen LogP contribution in [0.5, 0.6) is 0 Å². The molecule has 0 aromatic carbocycles. The summed E-state index contributed by atoms with van der Waals surface area (Å²) in [6.45, 7) is 5.55. The van der Waals surface area contributed by atoms with Crippen LogP contribution in [-0.2, 0) is 25.5 Å². The SMILES string of the molecule is C[S+]([O-])c1ncc(C2C3CN(C(=O)OC(C)(C)C)C(=O)[C@@H]32)c(N(C=O)C2CCCC2)n1. The fourth-order valence-corrected chi connectivity index (χ4v) is 5.18. The second-order valence-corrected chi connectivity index (χ2v) is 10.8. The Morgan fingerprint density at radius 1 is 1.32 bits per heavy atom. The molecule has 2 heterocycles. The van der Waals surface area contributed by atoms with Crippen LogP contribution in [0, 0.1) is 11.8 Å². The molecule has 0 N–H and O–H groups in total. The molecule has 3 aliphatic rings. The molecule has 4 atom stereocenters. The minimum Gasteiger partial charge on any atom is -0.609 e. The van der Waals surface area contributed by atoms with Crippen LogP contribution in [0.3, 0.4) is 0 Å². The van der Waals surface area contributed by atoms with Gasteiger partial charge in [-0.1, -0.05) is 12.8 Å². The molecule has 0 radical (unpaired) electrons. The topological polar surface area (TPSA) is 116 Å². The number of hydrogen-bond acceptors (Lipinski definition) is 7. The molecule has 3 unspecified atom stereocenters. The minimum absolute atomic E-state index is 0.0387. The van der Waals surface area contributed by atoms with Gasteiger partial charge in [-0.3, -0.25) is 14.5 Å². The number of rotatable bonds is 5. The van der Waals surface area contributed by atoms with Gasteiger partial charge in [-0.25, -0.2) is 9.69 Å². The van der Waals surface area contributed by atoms with E-state index in [1.807, 2.05) is 0 Å². The van der Waals surface area contributed by atoms with Crippen LogP contribution in [0.15, 0.2) is 11.4 Å². The Labute approximate surface area is 184 Å². The van der Waals surface area contributed by atoms with E-state index in [0.29, 0.717) is 11.4 Å². The molecule has 168 valence electrons. The number of fused-ring (bicyclic) bond motifs is 1. The number of imide groups is 1. The lowest BCUT2D eigenvalue weighted by Crippen LogP contribution is -2.40. The van der Waals surface area contributed by atoms with Crippen LogP contribution in [0.1, 0.15) is 57.9 Å². The molecule has 0 spiro atoms. The standard InChI is InChI=1S/C21H28N4O5S/c1-21(2,3)30-20(28)24-10-14-15(16(14)18(24)27)13-9-22-19(31(4)29)23-17(13)25(11-26)12-7-5-6-8-12/h9,11-12,14-16H,5-8,10H2,1-4H3/t14?,15?,16-,31?/m0/s1. The van der Waals surface area contributed by atoms with E-state index in [1.165, 1.54) is 11.2 Å². The molecular weight excluding hydrogens is 420 g/mol. The van der Waals surface area contributed by atoms with E-state index in [9.17, 15) is 18.9 Å². The highest BCUT2D eigenvalue weighted by atomic mass is 32.2. The maximum absolute atomic E-state index is 12.9. The molecular formula is C21H28N4O5S. The van der Waals surface area contributed by atoms with Crippen LogP contribution < -0.4 is 4.90 Å². The van der Waals surface area contributed by atoms with Gasteiger partial charge in [-0.05, 0) is 39.5 Å². The van der Waals surface area contributed by atoms with Gasteiger partial charge in [0.2, 0.25) is 12.3 Å². The molecule has 31 heavy (non-hydrogen) atoms. The Balaban J connectivity index is 1.59. The van der Waals surface area contributed by atoms with Gasteiger partial charge in [0, 0.05) is 41.4 Å². The molecule has 1 saturated heterocycles. The van der Waals surface area contributed by atoms with Gasteiger partial charge in [0.15, 0.2) is 0 Å². The number of carbonyl (C=O) groups excluding carboxylic acids is 3. The van der Waals surface area contributed by atoms with Crippen molar-refractivity contribution in [3.05, 3.63) is 11.8 Å². The zero-order valence-corrected chi connectivity index (χ0v) is 19.1. The number of carbonyl (C=O) groups is 3. The number of hydrogen-bond donors (Lipinski definition) is 0. The molecule has 0 bridgehead atoms. The Morgan fingerprint density at radius 2 is 2.00 bits per heavy atom. The first kappa shape index (κ1) is 22.0. The van der Waals surface area contributed by atoms with Crippen LogP contribution in [0.4, 0.5) is 10.6 Å². The third-order valence-electron chi connectivity index (χ3n) is 6.19. The largest absolute Gasteiger partial charge is 0.609 e. The molecule has 3 amide bonds. The highest BCUT2D eigenvalue weighted by molar-refractivity contribution is 7.90. The van der Waals surface area contributed by atoms with Crippen LogP contribution in [0.2, 0.25) is 0 Å². The average molecular weight is 449 g/mol.